The third-order valence-electron chi connectivity index (χ3n) is 1.01. The Morgan fingerprint density at radius 3 is 2.00 bits per heavy atom. The Labute approximate surface area is 83.2 Å². The minimum absolute atomic E-state index is 0.0463. The van der Waals surface area contributed by atoms with Crippen molar-refractivity contribution >= 4 is 11.9 Å². The van der Waals surface area contributed by atoms with Crippen molar-refractivity contribution in [2.75, 3.05) is 7.11 Å². The van der Waals surface area contributed by atoms with E-state index < -0.39 is 11.9 Å². The molecule has 1 N–H and O–H groups in total. The number of aliphatic carboxylic acids is 1. The highest BCUT2D eigenvalue weighted by atomic mass is 16.5. The highest BCUT2D eigenvalue weighted by Crippen LogP contribution is 1.98. The topological polar surface area (TPSA) is 63.6 Å². The maximum absolute atomic E-state index is 10.5. The van der Waals surface area contributed by atoms with Gasteiger partial charge < -0.3 is 9.84 Å². The third kappa shape index (κ3) is 10.2. The van der Waals surface area contributed by atoms with Gasteiger partial charge in [0.25, 0.3) is 0 Å². The second kappa shape index (κ2) is 9.25. The van der Waals surface area contributed by atoms with Gasteiger partial charge in [-0.1, -0.05) is 31.9 Å². The lowest BCUT2D eigenvalue weighted by molar-refractivity contribution is -0.141. The van der Waals surface area contributed by atoms with Crippen LogP contribution in [0.3, 0.4) is 0 Å². The van der Waals surface area contributed by atoms with E-state index in [0.717, 1.165) is 0 Å². The molecular formula is C10H14O4. The van der Waals surface area contributed by atoms with Crippen molar-refractivity contribution in [2.45, 2.75) is 6.42 Å². The Balaban J connectivity index is 0. The molecule has 14 heavy (non-hydrogen) atoms. The molecule has 0 saturated carbocycles. The molecule has 0 unspecified atom stereocenters. The lowest BCUT2D eigenvalue weighted by Gasteiger charge is -1.97. The summed E-state index contributed by atoms with van der Waals surface area (Å²) in [5.41, 5.74) is -0.0463. The molecular weight excluding hydrogens is 184 g/mol. The molecule has 0 aromatic heterocycles. The second-order valence-electron chi connectivity index (χ2n) is 2.14. The molecule has 0 aliphatic rings. The molecule has 0 heterocycles. The predicted molar refractivity (Wildman–Crippen MR) is 53.8 cm³/mol. The molecule has 0 fully saturated rings. The molecule has 4 nitrogen and oxygen atoms in total. The number of carboxylic acids is 1. The molecule has 0 radical (unpaired) electrons. The van der Waals surface area contributed by atoms with E-state index in [0.29, 0.717) is 0 Å². The summed E-state index contributed by atoms with van der Waals surface area (Å²) in [4.78, 5) is 20.4. The summed E-state index contributed by atoms with van der Waals surface area (Å²) < 4.78 is 4.21. The van der Waals surface area contributed by atoms with Crippen molar-refractivity contribution in [2.24, 2.45) is 0 Å². The number of esters is 1. The van der Waals surface area contributed by atoms with Crippen LogP contribution in [0.2, 0.25) is 0 Å². The monoisotopic (exact) mass is 198 g/mol. The highest BCUT2D eigenvalue weighted by molar-refractivity contribution is 5.92. The van der Waals surface area contributed by atoms with Crippen LogP contribution in [0.25, 0.3) is 0 Å². The first-order chi connectivity index (χ1) is 6.49. The summed E-state index contributed by atoms with van der Waals surface area (Å²) in [6, 6.07) is 0. The van der Waals surface area contributed by atoms with Gasteiger partial charge in [0.05, 0.1) is 13.5 Å². The quantitative estimate of drug-likeness (QED) is 0.423. The van der Waals surface area contributed by atoms with E-state index in [1.54, 1.807) is 12.2 Å². The van der Waals surface area contributed by atoms with Crippen molar-refractivity contribution in [3.8, 4) is 0 Å². The number of ether oxygens (including phenoxy) is 1. The summed E-state index contributed by atoms with van der Waals surface area (Å²) in [6.45, 7) is 9.93. The molecule has 0 aromatic rings. The van der Waals surface area contributed by atoms with E-state index in [2.05, 4.69) is 24.5 Å². The number of carbonyl (C=O) groups is 2. The van der Waals surface area contributed by atoms with Crippen molar-refractivity contribution in [3.05, 3.63) is 37.5 Å². The Kier molecular flexibility index (Phi) is 9.69. The summed E-state index contributed by atoms with van der Waals surface area (Å²) in [6.07, 6.45) is 2.91. The van der Waals surface area contributed by atoms with Gasteiger partial charge in [-0.05, 0) is 0 Å². The van der Waals surface area contributed by atoms with E-state index in [1.807, 2.05) is 0 Å². The minimum Gasteiger partial charge on any atom is -0.481 e. The van der Waals surface area contributed by atoms with Gasteiger partial charge in [-0.15, -0.1) is 0 Å². The second-order valence-corrected chi connectivity index (χ2v) is 2.14. The van der Waals surface area contributed by atoms with Gasteiger partial charge >= 0.3 is 11.9 Å². The van der Waals surface area contributed by atoms with Gasteiger partial charge in [0, 0.05) is 5.57 Å². The normalized spacial score (nSPS) is 7.50. The van der Waals surface area contributed by atoms with E-state index in [-0.39, 0.29) is 12.0 Å². The van der Waals surface area contributed by atoms with E-state index in [1.165, 1.54) is 7.11 Å². The number of hydrogen-bond donors (Lipinski definition) is 1. The first-order valence-electron chi connectivity index (χ1n) is 3.70. The fourth-order valence-electron chi connectivity index (χ4n) is 0.399. The Morgan fingerprint density at radius 2 is 1.79 bits per heavy atom. The average Bonchev–Trinajstić information content (AvgIpc) is 2.16. The van der Waals surface area contributed by atoms with Gasteiger partial charge in [-0.25, -0.2) is 4.79 Å². The summed E-state index contributed by atoms with van der Waals surface area (Å²) >= 11 is 0. The standard InChI is InChI=1S/C6H8O4.C4H6/c1-4(3-5(7)8)6(9)10-2;1-3-4-2/h1,3H2,2H3,(H,7,8);3-4H,1-2H2. The molecule has 0 aromatic carbocycles. The van der Waals surface area contributed by atoms with Crippen molar-refractivity contribution in [1.82, 2.24) is 0 Å². The summed E-state index contributed by atoms with van der Waals surface area (Å²) in [7, 11) is 1.18. The fourth-order valence-corrected chi connectivity index (χ4v) is 0.399. The van der Waals surface area contributed by atoms with Crippen LogP contribution in [0.15, 0.2) is 37.5 Å². The van der Waals surface area contributed by atoms with Crippen molar-refractivity contribution in [3.63, 3.8) is 0 Å². The Hall–Kier alpha value is -1.84. The number of methoxy groups -OCH3 is 1. The Morgan fingerprint density at radius 1 is 1.36 bits per heavy atom. The van der Waals surface area contributed by atoms with Crippen LogP contribution in [0.5, 0.6) is 0 Å². The van der Waals surface area contributed by atoms with Crippen LogP contribution in [0, 0.1) is 0 Å². The van der Waals surface area contributed by atoms with E-state index in [9.17, 15) is 9.59 Å². The number of carboxylic acid groups (broad SMARTS) is 1. The van der Waals surface area contributed by atoms with Crippen LogP contribution in [-0.4, -0.2) is 24.2 Å². The zero-order chi connectivity index (χ0) is 11.6. The number of allylic oxidation sites excluding steroid dienone is 2. The molecule has 0 aliphatic heterocycles. The zero-order valence-electron chi connectivity index (χ0n) is 8.16. The van der Waals surface area contributed by atoms with Crippen LogP contribution < -0.4 is 0 Å². The summed E-state index contributed by atoms with van der Waals surface area (Å²) in [5.74, 6) is -1.77. The Bertz CT molecular complexity index is 235. The van der Waals surface area contributed by atoms with Crippen LogP contribution >= 0.6 is 0 Å². The summed E-state index contributed by atoms with van der Waals surface area (Å²) in [5, 5.41) is 8.16. The van der Waals surface area contributed by atoms with Gasteiger partial charge in [-0.3, -0.25) is 4.79 Å². The molecule has 0 rings (SSSR count). The van der Waals surface area contributed by atoms with Gasteiger partial charge in [-0.2, -0.15) is 0 Å². The largest absolute Gasteiger partial charge is 0.481 e. The van der Waals surface area contributed by atoms with Crippen LogP contribution in [-0.2, 0) is 14.3 Å². The molecule has 4 heteroatoms. The fraction of sp³-hybridized carbons (Fsp3) is 0.200. The molecule has 78 valence electrons. The lowest BCUT2D eigenvalue weighted by atomic mass is 10.2. The smallest absolute Gasteiger partial charge is 0.333 e. The molecule has 0 aliphatic carbocycles. The number of hydrogen-bond acceptors (Lipinski definition) is 3. The van der Waals surface area contributed by atoms with Crippen molar-refractivity contribution in [1.29, 1.82) is 0 Å². The lowest BCUT2D eigenvalue weighted by Crippen LogP contribution is -2.07. The third-order valence-corrected chi connectivity index (χ3v) is 1.01. The molecule has 0 atom stereocenters. The zero-order valence-corrected chi connectivity index (χ0v) is 8.16. The first kappa shape index (κ1) is 14.7. The van der Waals surface area contributed by atoms with E-state index >= 15 is 0 Å². The van der Waals surface area contributed by atoms with Gasteiger partial charge in [0.2, 0.25) is 0 Å². The van der Waals surface area contributed by atoms with E-state index in [4.69, 9.17) is 5.11 Å². The maximum atomic E-state index is 10.5. The highest BCUT2D eigenvalue weighted by Gasteiger charge is 2.09. The molecule has 0 bridgehead atoms. The van der Waals surface area contributed by atoms with Crippen LogP contribution in [0.1, 0.15) is 6.42 Å². The number of rotatable bonds is 4. The first-order valence-corrected chi connectivity index (χ1v) is 3.70. The van der Waals surface area contributed by atoms with Crippen molar-refractivity contribution < 1.29 is 19.4 Å². The molecule has 0 saturated heterocycles. The van der Waals surface area contributed by atoms with Crippen LogP contribution in [0.4, 0.5) is 0 Å². The predicted octanol–water partition coefficient (Wildman–Crippen LogP) is 1.55. The van der Waals surface area contributed by atoms with Gasteiger partial charge in [0.1, 0.15) is 0 Å². The SMILES string of the molecule is C=C(CC(=O)O)C(=O)OC.C=CC=C. The maximum Gasteiger partial charge on any atom is 0.333 e. The molecule has 0 amide bonds. The minimum atomic E-state index is -1.09. The van der Waals surface area contributed by atoms with Gasteiger partial charge in [0.15, 0.2) is 0 Å². The molecule has 0 spiro atoms. The average molecular weight is 198 g/mol. The number of carbonyl (C=O) groups excluding carboxylic acids is 1.